The highest BCUT2D eigenvalue weighted by Crippen LogP contribution is 2.24. The highest BCUT2D eigenvalue weighted by Gasteiger charge is 2.14. The number of anilines is 1. The Bertz CT molecular complexity index is 767. The molecule has 0 atom stereocenters. The molecule has 0 aliphatic carbocycles. The van der Waals surface area contributed by atoms with Crippen molar-refractivity contribution in [2.45, 2.75) is 31.6 Å². The van der Waals surface area contributed by atoms with Crippen LogP contribution in [0.3, 0.4) is 0 Å². The number of thioether (sulfide) groups is 1. The van der Waals surface area contributed by atoms with E-state index in [9.17, 15) is 0 Å². The maximum atomic E-state index is 4.60. The standard InChI is InChI=1S/C16H19N5S/c1-11(2)21-10-18-13-14(19-16(22-3)20-15(13)21)17-9-12-7-5-4-6-8-12/h4-8,10-11H,9H2,1-3H3,(H,17,19,20). The summed E-state index contributed by atoms with van der Waals surface area (Å²) in [6, 6.07) is 10.6. The molecule has 22 heavy (non-hydrogen) atoms. The van der Waals surface area contributed by atoms with E-state index >= 15 is 0 Å². The zero-order valence-electron chi connectivity index (χ0n) is 12.9. The lowest BCUT2D eigenvalue weighted by Crippen LogP contribution is -2.05. The molecule has 0 aliphatic heterocycles. The third-order valence-electron chi connectivity index (χ3n) is 3.44. The van der Waals surface area contributed by atoms with Crippen molar-refractivity contribution >= 4 is 28.7 Å². The second-order valence-corrected chi connectivity index (χ2v) is 6.09. The molecule has 0 fully saturated rings. The molecule has 6 heteroatoms. The zero-order valence-corrected chi connectivity index (χ0v) is 13.8. The van der Waals surface area contributed by atoms with Crippen LogP contribution in [0.25, 0.3) is 11.2 Å². The second kappa shape index (κ2) is 6.36. The molecule has 114 valence electrons. The second-order valence-electron chi connectivity index (χ2n) is 5.32. The molecule has 1 aromatic carbocycles. The van der Waals surface area contributed by atoms with Gasteiger partial charge in [-0.05, 0) is 25.7 Å². The van der Waals surface area contributed by atoms with Gasteiger partial charge in [-0.3, -0.25) is 0 Å². The van der Waals surface area contributed by atoms with Crippen LogP contribution in [0.5, 0.6) is 0 Å². The Hall–Kier alpha value is -2.08. The number of nitrogens with zero attached hydrogens (tertiary/aromatic N) is 4. The van der Waals surface area contributed by atoms with E-state index in [1.807, 2.05) is 30.8 Å². The molecule has 0 saturated carbocycles. The summed E-state index contributed by atoms with van der Waals surface area (Å²) >= 11 is 1.54. The molecular formula is C16H19N5S. The van der Waals surface area contributed by atoms with Crippen LogP contribution in [0.1, 0.15) is 25.5 Å². The van der Waals surface area contributed by atoms with Gasteiger partial charge in [0.05, 0.1) is 6.33 Å². The molecule has 0 amide bonds. The van der Waals surface area contributed by atoms with Crippen molar-refractivity contribution < 1.29 is 0 Å². The summed E-state index contributed by atoms with van der Waals surface area (Å²) in [7, 11) is 0. The summed E-state index contributed by atoms with van der Waals surface area (Å²) < 4.78 is 2.07. The molecule has 2 heterocycles. The first-order chi connectivity index (χ1) is 10.7. The molecule has 3 aromatic rings. The van der Waals surface area contributed by atoms with Gasteiger partial charge in [-0.15, -0.1) is 0 Å². The monoisotopic (exact) mass is 313 g/mol. The van der Waals surface area contributed by atoms with E-state index in [0.29, 0.717) is 6.04 Å². The SMILES string of the molecule is CSc1nc(NCc2ccccc2)c2ncn(C(C)C)c2n1. The van der Waals surface area contributed by atoms with Crippen molar-refractivity contribution in [2.75, 3.05) is 11.6 Å². The summed E-state index contributed by atoms with van der Waals surface area (Å²) in [6.07, 6.45) is 3.82. The van der Waals surface area contributed by atoms with Crippen LogP contribution in [-0.2, 0) is 6.54 Å². The van der Waals surface area contributed by atoms with E-state index in [1.165, 1.54) is 17.3 Å². The number of nitrogens with one attached hydrogen (secondary N) is 1. The van der Waals surface area contributed by atoms with Gasteiger partial charge in [-0.1, -0.05) is 42.1 Å². The van der Waals surface area contributed by atoms with Crippen molar-refractivity contribution in [3.8, 4) is 0 Å². The van der Waals surface area contributed by atoms with Crippen molar-refractivity contribution in [1.29, 1.82) is 0 Å². The minimum absolute atomic E-state index is 0.316. The molecular weight excluding hydrogens is 294 g/mol. The summed E-state index contributed by atoms with van der Waals surface area (Å²) in [5.41, 5.74) is 2.91. The fourth-order valence-corrected chi connectivity index (χ4v) is 2.63. The number of hydrogen-bond donors (Lipinski definition) is 1. The van der Waals surface area contributed by atoms with Gasteiger partial charge < -0.3 is 9.88 Å². The van der Waals surface area contributed by atoms with Crippen LogP contribution < -0.4 is 5.32 Å². The van der Waals surface area contributed by atoms with Gasteiger partial charge in [0.1, 0.15) is 0 Å². The Labute approximate surface area is 134 Å². The molecule has 0 unspecified atom stereocenters. The lowest BCUT2D eigenvalue weighted by Gasteiger charge is -2.10. The summed E-state index contributed by atoms with van der Waals surface area (Å²) in [4.78, 5) is 13.7. The van der Waals surface area contributed by atoms with Crippen LogP contribution in [0.2, 0.25) is 0 Å². The van der Waals surface area contributed by atoms with Crippen LogP contribution in [-0.4, -0.2) is 25.8 Å². The van der Waals surface area contributed by atoms with Crippen molar-refractivity contribution in [1.82, 2.24) is 19.5 Å². The number of hydrogen-bond acceptors (Lipinski definition) is 5. The molecule has 1 N–H and O–H groups in total. The molecule has 0 spiro atoms. The first-order valence-electron chi connectivity index (χ1n) is 7.25. The quantitative estimate of drug-likeness (QED) is 0.574. The number of benzene rings is 1. The van der Waals surface area contributed by atoms with Gasteiger partial charge in [-0.2, -0.15) is 0 Å². The third-order valence-corrected chi connectivity index (χ3v) is 3.99. The molecule has 0 aliphatic rings. The van der Waals surface area contributed by atoms with E-state index in [1.54, 1.807) is 0 Å². The normalized spacial score (nSPS) is 11.3. The predicted octanol–water partition coefficient (Wildman–Crippen LogP) is 3.74. The summed E-state index contributed by atoms with van der Waals surface area (Å²) in [5, 5.41) is 4.15. The van der Waals surface area contributed by atoms with Gasteiger partial charge in [0.25, 0.3) is 0 Å². The minimum Gasteiger partial charge on any atom is -0.364 e. The van der Waals surface area contributed by atoms with Crippen LogP contribution >= 0.6 is 11.8 Å². The van der Waals surface area contributed by atoms with Crippen molar-refractivity contribution in [3.63, 3.8) is 0 Å². The van der Waals surface area contributed by atoms with E-state index < -0.39 is 0 Å². The highest BCUT2D eigenvalue weighted by molar-refractivity contribution is 7.98. The largest absolute Gasteiger partial charge is 0.364 e. The number of aromatic nitrogens is 4. The van der Waals surface area contributed by atoms with Crippen LogP contribution in [0.4, 0.5) is 5.82 Å². The van der Waals surface area contributed by atoms with Gasteiger partial charge in [0.15, 0.2) is 22.1 Å². The Morgan fingerprint density at radius 1 is 1.18 bits per heavy atom. The Morgan fingerprint density at radius 2 is 1.95 bits per heavy atom. The predicted molar refractivity (Wildman–Crippen MR) is 91.3 cm³/mol. The van der Waals surface area contributed by atoms with E-state index in [2.05, 4.69) is 50.8 Å². The summed E-state index contributed by atoms with van der Waals surface area (Å²) in [6.45, 7) is 4.97. The van der Waals surface area contributed by atoms with E-state index in [4.69, 9.17) is 0 Å². The summed E-state index contributed by atoms with van der Waals surface area (Å²) in [5.74, 6) is 0.789. The van der Waals surface area contributed by atoms with E-state index in [-0.39, 0.29) is 0 Å². The average molecular weight is 313 g/mol. The van der Waals surface area contributed by atoms with Gasteiger partial charge in [0.2, 0.25) is 0 Å². The van der Waals surface area contributed by atoms with Crippen LogP contribution in [0.15, 0.2) is 41.8 Å². The minimum atomic E-state index is 0.316. The maximum absolute atomic E-state index is 4.60. The maximum Gasteiger partial charge on any atom is 0.191 e. The third kappa shape index (κ3) is 2.92. The van der Waals surface area contributed by atoms with Gasteiger partial charge in [-0.25, -0.2) is 15.0 Å². The van der Waals surface area contributed by atoms with Crippen LogP contribution in [0, 0.1) is 0 Å². The smallest absolute Gasteiger partial charge is 0.191 e. The average Bonchev–Trinajstić information content (AvgIpc) is 2.97. The van der Waals surface area contributed by atoms with E-state index in [0.717, 1.165) is 28.7 Å². The number of rotatable bonds is 5. The molecule has 5 nitrogen and oxygen atoms in total. The molecule has 0 radical (unpaired) electrons. The molecule has 3 rings (SSSR count). The topological polar surface area (TPSA) is 55.6 Å². The first kappa shape index (κ1) is 14.8. The van der Waals surface area contributed by atoms with Crippen molar-refractivity contribution in [3.05, 3.63) is 42.2 Å². The van der Waals surface area contributed by atoms with Gasteiger partial charge in [0, 0.05) is 12.6 Å². The lowest BCUT2D eigenvalue weighted by molar-refractivity contribution is 0.611. The number of fused-ring (bicyclic) bond motifs is 1. The molecule has 0 bridgehead atoms. The van der Waals surface area contributed by atoms with Gasteiger partial charge >= 0.3 is 0 Å². The fraction of sp³-hybridized carbons (Fsp3) is 0.312. The Morgan fingerprint density at radius 3 is 2.64 bits per heavy atom. The fourth-order valence-electron chi connectivity index (χ4n) is 2.27. The molecule has 2 aromatic heterocycles. The Balaban J connectivity index is 1.97. The lowest BCUT2D eigenvalue weighted by atomic mass is 10.2. The molecule has 0 saturated heterocycles. The first-order valence-corrected chi connectivity index (χ1v) is 8.48. The highest BCUT2D eigenvalue weighted by atomic mass is 32.2. The Kier molecular flexibility index (Phi) is 4.29. The number of imidazole rings is 1. The zero-order chi connectivity index (χ0) is 15.5. The van der Waals surface area contributed by atoms with Crippen molar-refractivity contribution in [2.24, 2.45) is 0 Å².